The SMILES string of the molecule is CCCCC[C@@H](O)/C=C/C=C\C=C\C=C\[C@@H](O)[C@H](O)CCCC(=O)OC[C@H](COP(=O)([O-])OCC[N+](C)(C)C)OC(=O)CCCCCCCCCCc1oc(CCC)c(C)c1C. The summed E-state index contributed by atoms with van der Waals surface area (Å²) in [5, 5.41) is 30.6. The van der Waals surface area contributed by atoms with E-state index in [1.54, 1.807) is 42.5 Å². The van der Waals surface area contributed by atoms with Crippen LogP contribution in [0.1, 0.15) is 146 Å². The van der Waals surface area contributed by atoms with Gasteiger partial charge in [-0.1, -0.05) is 120 Å². The summed E-state index contributed by atoms with van der Waals surface area (Å²) in [6.07, 6.45) is 25.1. The van der Waals surface area contributed by atoms with Crippen molar-refractivity contribution in [3.8, 4) is 0 Å². The molecule has 0 aromatic carbocycles. The van der Waals surface area contributed by atoms with Crippen molar-refractivity contribution < 1.29 is 61.8 Å². The van der Waals surface area contributed by atoms with Gasteiger partial charge in [0.2, 0.25) is 0 Å². The maximum absolute atomic E-state index is 12.8. The molecule has 0 fully saturated rings. The molecule has 0 saturated carbocycles. The Morgan fingerprint density at radius 1 is 0.694 bits per heavy atom. The molecule has 0 amide bonds. The number of aryl methyl sites for hydroxylation is 2. The van der Waals surface area contributed by atoms with Crippen LogP contribution in [0.15, 0.2) is 53.0 Å². The normalized spacial score (nSPS) is 15.5. The van der Waals surface area contributed by atoms with Gasteiger partial charge in [0.15, 0.2) is 6.10 Å². The number of quaternary nitrogens is 1. The van der Waals surface area contributed by atoms with Gasteiger partial charge in [0.25, 0.3) is 7.82 Å². The van der Waals surface area contributed by atoms with Crippen LogP contribution in [0.25, 0.3) is 0 Å². The Labute approximate surface area is 373 Å². The summed E-state index contributed by atoms with van der Waals surface area (Å²) in [7, 11) is 0.947. The zero-order valence-corrected chi connectivity index (χ0v) is 40.0. The molecule has 5 atom stereocenters. The molecule has 3 N–H and O–H groups in total. The number of aliphatic hydroxyl groups is 3. The number of aliphatic hydroxyl groups excluding tert-OH is 3. The lowest BCUT2D eigenvalue weighted by Gasteiger charge is -2.28. The molecule has 356 valence electrons. The van der Waals surface area contributed by atoms with Crippen LogP contribution in [0.2, 0.25) is 0 Å². The van der Waals surface area contributed by atoms with Gasteiger partial charge in [0, 0.05) is 25.7 Å². The monoisotopic (exact) mass is 896 g/mol. The maximum Gasteiger partial charge on any atom is 0.306 e. The fourth-order valence-corrected chi connectivity index (χ4v) is 7.11. The Balaban J connectivity index is 2.48. The van der Waals surface area contributed by atoms with Crippen molar-refractivity contribution in [2.45, 2.75) is 174 Å². The van der Waals surface area contributed by atoms with Crippen LogP contribution in [0.3, 0.4) is 0 Å². The van der Waals surface area contributed by atoms with E-state index < -0.39 is 57.4 Å². The molecule has 0 spiro atoms. The fraction of sp³-hybridized carbons (Fsp3) is 0.708. The highest BCUT2D eigenvalue weighted by molar-refractivity contribution is 7.45. The largest absolute Gasteiger partial charge is 0.756 e. The molecule has 13 nitrogen and oxygen atoms in total. The number of unbranched alkanes of at least 4 members (excludes halogenated alkanes) is 9. The number of allylic oxidation sites excluding steroid dienone is 6. The number of rotatable bonds is 37. The summed E-state index contributed by atoms with van der Waals surface area (Å²) in [5.74, 6) is 1.06. The molecule has 1 heterocycles. The number of hydrogen-bond donors (Lipinski definition) is 3. The highest BCUT2D eigenvalue weighted by atomic mass is 31.2. The van der Waals surface area contributed by atoms with E-state index in [2.05, 4.69) is 27.7 Å². The van der Waals surface area contributed by atoms with Gasteiger partial charge >= 0.3 is 11.9 Å². The lowest BCUT2D eigenvalue weighted by atomic mass is 10.0. The number of nitrogens with zero attached hydrogens (tertiary/aromatic N) is 1. The lowest BCUT2D eigenvalue weighted by molar-refractivity contribution is -0.870. The first-order valence-corrected chi connectivity index (χ1v) is 24.5. The first kappa shape index (κ1) is 57.1. The fourth-order valence-electron chi connectivity index (χ4n) is 6.38. The number of ether oxygens (including phenoxy) is 2. The van der Waals surface area contributed by atoms with Crippen LogP contribution in [0.5, 0.6) is 0 Å². The Kier molecular flexibility index (Phi) is 31.0. The minimum Gasteiger partial charge on any atom is -0.756 e. The highest BCUT2D eigenvalue weighted by Crippen LogP contribution is 2.38. The minimum absolute atomic E-state index is 0.0853. The van der Waals surface area contributed by atoms with Crippen molar-refractivity contribution >= 4 is 19.8 Å². The molecule has 1 rings (SSSR count). The Morgan fingerprint density at radius 3 is 1.90 bits per heavy atom. The second-order valence-electron chi connectivity index (χ2n) is 17.2. The van der Waals surface area contributed by atoms with E-state index in [1.807, 2.05) is 21.1 Å². The molecule has 0 bridgehead atoms. The van der Waals surface area contributed by atoms with Crippen LogP contribution < -0.4 is 4.89 Å². The third-order valence-corrected chi connectivity index (χ3v) is 11.4. The summed E-state index contributed by atoms with van der Waals surface area (Å²) in [4.78, 5) is 37.7. The number of carbonyl (C=O) groups excluding carboxylic acids is 2. The van der Waals surface area contributed by atoms with Crippen LogP contribution >= 0.6 is 7.82 Å². The van der Waals surface area contributed by atoms with Crippen molar-refractivity contribution in [1.29, 1.82) is 0 Å². The summed E-state index contributed by atoms with van der Waals surface area (Å²) >= 11 is 0. The number of phosphoric acid groups is 1. The van der Waals surface area contributed by atoms with Gasteiger partial charge in [-0.05, 0) is 63.5 Å². The van der Waals surface area contributed by atoms with Gasteiger partial charge in [0.05, 0.1) is 46.1 Å². The predicted molar refractivity (Wildman–Crippen MR) is 243 cm³/mol. The van der Waals surface area contributed by atoms with Crippen LogP contribution in [0, 0.1) is 13.8 Å². The number of likely N-dealkylation sites (N-methyl/N-ethyl adjacent to an activating group) is 1. The van der Waals surface area contributed by atoms with Gasteiger partial charge in [-0.25, -0.2) is 0 Å². The third kappa shape index (κ3) is 29.5. The molecule has 0 aliphatic rings. The van der Waals surface area contributed by atoms with Crippen molar-refractivity contribution in [1.82, 2.24) is 0 Å². The third-order valence-electron chi connectivity index (χ3n) is 10.4. The number of furan rings is 1. The van der Waals surface area contributed by atoms with E-state index >= 15 is 0 Å². The Morgan fingerprint density at radius 2 is 1.27 bits per heavy atom. The standard InChI is InChI=1S/C48H82NO12P/c1-8-10-21-28-41(50)29-22-17-15-16-18-23-30-43(51)44(52)31-26-34-47(53)57-37-42(38-59-62(55,56)58-36-35-49(5,6)7)60-48(54)33-25-20-14-12-11-13-19-24-32-46-40(4)39(3)45(61-46)27-9-2/h15-18,22-23,29-30,41-44,50-52H,8-14,19-21,24-28,31-38H2,1-7H3/b17-15-,18-16+,29-22+,30-23+/t41-,42-,43-,44-/m1/s1. The number of carbonyl (C=O) groups is 2. The van der Waals surface area contributed by atoms with E-state index in [9.17, 15) is 34.4 Å². The molecule has 1 unspecified atom stereocenters. The van der Waals surface area contributed by atoms with Crippen LogP contribution in [0.4, 0.5) is 0 Å². The molecular weight excluding hydrogens is 813 g/mol. The summed E-state index contributed by atoms with van der Waals surface area (Å²) in [5.41, 5.74) is 2.58. The molecule has 1 aromatic heterocycles. The summed E-state index contributed by atoms with van der Waals surface area (Å²) in [6, 6.07) is 0. The highest BCUT2D eigenvalue weighted by Gasteiger charge is 2.22. The number of esters is 2. The lowest BCUT2D eigenvalue weighted by Crippen LogP contribution is -2.37. The molecule has 0 radical (unpaired) electrons. The molecule has 0 aliphatic heterocycles. The molecule has 62 heavy (non-hydrogen) atoms. The second kappa shape index (κ2) is 33.6. The first-order valence-electron chi connectivity index (χ1n) is 23.0. The van der Waals surface area contributed by atoms with E-state index in [0.717, 1.165) is 101 Å². The molecule has 0 saturated heterocycles. The summed E-state index contributed by atoms with van der Waals surface area (Å²) in [6.45, 7) is 7.90. The minimum atomic E-state index is -4.72. The average Bonchev–Trinajstić information content (AvgIpc) is 3.47. The van der Waals surface area contributed by atoms with Crippen molar-refractivity contribution in [2.24, 2.45) is 0 Å². The van der Waals surface area contributed by atoms with E-state index in [4.69, 9.17) is 22.9 Å². The van der Waals surface area contributed by atoms with Crippen LogP contribution in [-0.4, -0.2) is 104 Å². The quantitative estimate of drug-likeness (QED) is 0.0190. The molecule has 14 heteroatoms. The molecule has 1 aromatic rings. The van der Waals surface area contributed by atoms with Gasteiger partial charge in [-0.3, -0.25) is 14.2 Å². The second-order valence-corrected chi connectivity index (χ2v) is 18.6. The van der Waals surface area contributed by atoms with Gasteiger partial charge in [-0.2, -0.15) is 0 Å². The van der Waals surface area contributed by atoms with E-state index in [1.165, 1.54) is 17.2 Å². The topological polar surface area (TPSA) is 185 Å². The smallest absolute Gasteiger partial charge is 0.306 e. The van der Waals surface area contributed by atoms with Crippen LogP contribution in [-0.2, 0) is 45.5 Å². The zero-order chi connectivity index (χ0) is 46.2. The van der Waals surface area contributed by atoms with Crippen molar-refractivity contribution in [2.75, 3.05) is 47.5 Å². The van der Waals surface area contributed by atoms with Crippen molar-refractivity contribution in [3.05, 3.63) is 71.3 Å². The maximum atomic E-state index is 12.8. The Bertz CT molecular complexity index is 1530. The first-order chi connectivity index (χ1) is 29.5. The van der Waals surface area contributed by atoms with E-state index in [-0.39, 0.29) is 32.3 Å². The predicted octanol–water partition coefficient (Wildman–Crippen LogP) is 8.62. The summed E-state index contributed by atoms with van der Waals surface area (Å²) < 4.78 is 39.8. The number of hydrogen-bond acceptors (Lipinski definition) is 12. The van der Waals surface area contributed by atoms with Gasteiger partial charge < -0.3 is 47.6 Å². The average molecular weight is 896 g/mol. The van der Waals surface area contributed by atoms with Gasteiger partial charge in [-0.15, -0.1) is 0 Å². The zero-order valence-electron chi connectivity index (χ0n) is 39.1. The van der Waals surface area contributed by atoms with E-state index in [0.29, 0.717) is 17.4 Å². The number of phosphoric ester groups is 1. The Hall–Kier alpha value is -2.87. The van der Waals surface area contributed by atoms with Gasteiger partial charge in [0.1, 0.15) is 31.3 Å². The molecule has 0 aliphatic carbocycles. The molecular formula is C48H82NO12P. The van der Waals surface area contributed by atoms with Crippen molar-refractivity contribution in [3.63, 3.8) is 0 Å².